The van der Waals surface area contributed by atoms with Gasteiger partial charge in [-0.15, -0.1) is 0 Å². The van der Waals surface area contributed by atoms with Gasteiger partial charge in [-0.25, -0.2) is 12.8 Å². The van der Waals surface area contributed by atoms with Crippen molar-refractivity contribution in [2.24, 2.45) is 0 Å². The smallest absolute Gasteiger partial charge is 0.214 e. The number of allylic oxidation sites excluding steroid dienone is 1. The zero-order chi connectivity index (χ0) is 26.5. The predicted molar refractivity (Wildman–Crippen MR) is 151 cm³/mol. The van der Waals surface area contributed by atoms with Gasteiger partial charge in [0.15, 0.2) is 0 Å². The minimum atomic E-state index is -3.89. The number of aryl methyl sites for hydroxylation is 1. The first-order valence-electron chi connectivity index (χ1n) is 12.1. The number of rotatable bonds is 5. The van der Waals surface area contributed by atoms with Gasteiger partial charge in [-0.3, -0.25) is 0 Å². The highest BCUT2D eigenvalue weighted by Crippen LogP contribution is 2.27. The third-order valence-corrected chi connectivity index (χ3v) is 7.76. The summed E-state index contributed by atoms with van der Waals surface area (Å²) in [6, 6.07) is 35.7. The van der Waals surface area contributed by atoms with Gasteiger partial charge in [-0.1, -0.05) is 78.4 Å². The number of hydrogen-bond acceptors (Lipinski definition) is 2. The lowest BCUT2D eigenvalue weighted by Gasteiger charge is -2.12. The normalized spacial score (nSPS) is 11.6. The van der Waals surface area contributed by atoms with Crippen LogP contribution in [0, 0.1) is 24.6 Å². The summed E-state index contributed by atoms with van der Waals surface area (Å²) in [5.74, 6) is 5.71. The molecule has 0 N–H and O–H groups in total. The summed E-state index contributed by atoms with van der Waals surface area (Å²) in [4.78, 5) is 0.166. The van der Waals surface area contributed by atoms with Crippen molar-refractivity contribution in [3.63, 3.8) is 0 Å². The molecule has 0 aliphatic rings. The van der Waals surface area contributed by atoms with Crippen LogP contribution in [0.15, 0.2) is 131 Å². The summed E-state index contributed by atoms with van der Waals surface area (Å²) in [7, 11) is -3.89. The Morgan fingerprint density at radius 1 is 0.763 bits per heavy atom. The van der Waals surface area contributed by atoms with Gasteiger partial charge in [-0.05, 0) is 84.5 Å². The average molecular weight is 518 g/mol. The maximum Gasteiger partial charge on any atom is 0.214 e. The van der Waals surface area contributed by atoms with E-state index in [1.807, 2.05) is 84.3 Å². The maximum atomic E-state index is 13.7. The van der Waals surface area contributed by atoms with E-state index in [2.05, 4.69) is 11.8 Å². The molecule has 0 spiro atoms. The second kappa shape index (κ2) is 10.8. The molecule has 0 aliphatic carbocycles. The van der Waals surface area contributed by atoms with Gasteiger partial charge in [0, 0.05) is 5.69 Å². The molecule has 0 fully saturated rings. The Kier molecular flexibility index (Phi) is 7.08. The lowest BCUT2D eigenvalue weighted by Crippen LogP contribution is -2.04. The third-order valence-electron chi connectivity index (χ3n) is 6.07. The van der Waals surface area contributed by atoms with Crippen LogP contribution in [-0.2, 0) is 9.84 Å². The summed E-state index contributed by atoms with van der Waals surface area (Å²) in [5, 5.41) is 0. The van der Waals surface area contributed by atoms with E-state index >= 15 is 0 Å². The molecule has 0 amide bonds. The molecule has 0 bridgehead atoms. The van der Waals surface area contributed by atoms with Crippen LogP contribution < -0.4 is 0 Å². The Hall–Kier alpha value is -4.66. The molecule has 5 aromatic rings. The molecule has 0 aliphatic heterocycles. The van der Waals surface area contributed by atoms with Gasteiger partial charge in [0.2, 0.25) is 9.84 Å². The standard InChI is InChI=1S/C33H24FNO2S/c1-25-12-20-31(21-13-25)38(36,37)32(24-26-8-4-2-5-9-26)22-18-30-19-23-33(27-10-6-3-7-11-27)35(30)29-16-14-28(34)15-17-29/h2-17,19-21,23-24H,1H3/b32-24+. The Bertz CT molecular complexity index is 1760. The molecule has 0 saturated carbocycles. The van der Waals surface area contributed by atoms with Crippen LogP contribution in [-0.4, -0.2) is 13.0 Å². The zero-order valence-corrected chi connectivity index (χ0v) is 21.5. The molecule has 1 heterocycles. The molecule has 0 saturated heterocycles. The van der Waals surface area contributed by atoms with Crippen LogP contribution in [0.25, 0.3) is 23.0 Å². The molecule has 4 aromatic carbocycles. The molecule has 0 atom stereocenters. The molecular weight excluding hydrogens is 493 g/mol. The Labute approximate surface area is 222 Å². The van der Waals surface area contributed by atoms with Gasteiger partial charge in [0.25, 0.3) is 0 Å². The highest BCUT2D eigenvalue weighted by atomic mass is 32.2. The molecule has 186 valence electrons. The Balaban J connectivity index is 1.67. The van der Waals surface area contributed by atoms with Crippen molar-refractivity contribution in [1.82, 2.24) is 4.57 Å². The Morgan fingerprint density at radius 3 is 2.05 bits per heavy atom. The van der Waals surface area contributed by atoms with Crippen molar-refractivity contribution in [2.75, 3.05) is 0 Å². The summed E-state index contributed by atoms with van der Waals surface area (Å²) in [5.41, 5.74) is 4.80. The number of benzene rings is 4. The number of aromatic nitrogens is 1. The first-order valence-corrected chi connectivity index (χ1v) is 13.5. The molecule has 0 radical (unpaired) electrons. The van der Waals surface area contributed by atoms with Gasteiger partial charge >= 0.3 is 0 Å². The van der Waals surface area contributed by atoms with Crippen LogP contribution in [0.4, 0.5) is 4.39 Å². The number of hydrogen-bond donors (Lipinski definition) is 0. The van der Waals surface area contributed by atoms with Gasteiger partial charge in [-0.2, -0.15) is 0 Å². The van der Waals surface area contributed by atoms with Crippen molar-refractivity contribution in [3.8, 4) is 28.8 Å². The largest absolute Gasteiger partial charge is 0.303 e. The molecular formula is C33H24FNO2S. The fraction of sp³-hybridized carbons (Fsp3) is 0.0303. The van der Waals surface area contributed by atoms with Crippen LogP contribution >= 0.6 is 0 Å². The highest BCUT2D eigenvalue weighted by molar-refractivity contribution is 7.95. The van der Waals surface area contributed by atoms with Gasteiger partial charge in [0.05, 0.1) is 16.3 Å². The molecule has 3 nitrogen and oxygen atoms in total. The zero-order valence-electron chi connectivity index (χ0n) is 20.7. The molecule has 1 aromatic heterocycles. The van der Waals surface area contributed by atoms with Crippen LogP contribution in [0.5, 0.6) is 0 Å². The fourth-order valence-electron chi connectivity index (χ4n) is 4.09. The first-order chi connectivity index (χ1) is 18.4. The number of nitrogens with zero attached hydrogens (tertiary/aromatic N) is 1. The monoisotopic (exact) mass is 517 g/mol. The van der Waals surface area contributed by atoms with E-state index in [0.29, 0.717) is 5.69 Å². The minimum absolute atomic E-state index is 0.0133. The summed E-state index contributed by atoms with van der Waals surface area (Å²) < 4.78 is 43.0. The van der Waals surface area contributed by atoms with Crippen LogP contribution in [0.2, 0.25) is 0 Å². The van der Waals surface area contributed by atoms with Crippen LogP contribution in [0.1, 0.15) is 16.8 Å². The van der Waals surface area contributed by atoms with Crippen molar-refractivity contribution in [2.45, 2.75) is 11.8 Å². The van der Waals surface area contributed by atoms with E-state index in [1.165, 1.54) is 12.1 Å². The minimum Gasteiger partial charge on any atom is -0.303 e. The maximum absolute atomic E-state index is 13.7. The van der Waals surface area contributed by atoms with Crippen molar-refractivity contribution in [3.05, 3.63) is 149 Å². The van der Waals surface area contributed by atoms with Gasteiger partial charge < -0.3 is 4.57 Å². The van der Waals surface area contributed by atoms with Crippen molar-refractivity contribution < 1.29 is 12.8 Å². The molecule has 38 heavy (non-hydrogen) atoms. The van der Waals surface area contributed by atoms with Gasteiger partial charge in [0.1, 0.15) is 10.7 Å². The average Bonchev–Trinajstić information content (AvgIpc) is 3.36. The van der Waals surface area contributed by atoms with E-state index in [4.69, 9.17) is 0 Å². The Morgan fingerprint density at radius 2 is 1.39 bits per heavy atom. The topological polar surface area (TPSA) is 39.1 Å². The summed E-state index contributed by atoms with van der Waals surface area (Å²) in [6.07, 6.45) is 1.59. The van der Waals surface area contributed by atoms with Crippen molar-refractivity contribution in [1.29, 1.82) is 0 Å². The SMILES string of the molecule is Cc1ccc(S(=O)(=O)/C(C#Cc2ccc(-c3ccccc3)n2-c2ccc(F)cc2)=C/c2ccccc2)cc1. The quantitative estimate of drug-likeness (QED) is 0.227. The second-order valence-electron chi connectivity index (χ2n) is 8.77. The van der Waals surface area contributed by atoms with E-state index in [0.717, 1.165) is 28.1 Å². The van der Waals surface area contributed by atoms with E-state index in [9.17, 15) is 12.8 Å². The van der Waals surface area contributed by atoms with Crippen LogP contribution in [0.3, 0.4) is 0 Å². The molecule has 5 heteroatoms. The number of halogens is 1. The highest BCUT2D eigenvalue weighted by Gasteiger charge is 2.20. The first kappa shape index (κ1) is 25.0. The molecule has 0 unspecified atom stereocenters. The lowest BCUT2D eigenvalue weighted by atomic mass is 10.1. The van der Waals surface area contributed by atoms with Crippen molar-refractivity contribution >= 4 is 15.9 Å². The summed E-state index contributed by atoms with van der Waals surface area (Å²) in [6.45, 7) is 1.91. The second-order valence-corrected chi connectivity index (χ2v) is 10.7. The number of sulfone groups is 1. The molecule has 5 rings (SSSR count). The van der Waals surface area contributed by atoms with E-state index in [-0.39, 0.29) is 15.6 Å². The summed E-state index contributed by atoms with van der Waals surface area (Å²) >= 11 is 0. The lowest BCUT2D eigenvalue weighted by molar-refractivity contribution is 0.603. The van der Waals surface area contributed by atoms with E-state index in [1.54, 1.807) is 42.5 Å². The third kappa shape index (κ3) is 5.36. The predicted octanol–water partition coefficient (Wildman–Crippen LogP) is 7.46. The fourth-order valence-corrected chi connectivity index (χ4v) is 5.31. The van der Waals surface area contributed by atoms with E-state index < -0.39 is 9.84 Å².